The maximum Gasteiger partial charge on any atom is 0.201 e. The number of rotatable bonds is 10. The third-order valence-corrected chi connectivity index (χ3v) is 8.65. The van der Waals surface area contributed by atoms with Crippen molar-refractivity contribution < 1.29 is 15.3 Å². The van der Waals surface area contributed by atoms with Gasteiger partial charge in [0.1, 0.15) is 0 Å². The minimum Gasteiger partial charge on any atom is -0.504 e. The summed E-state index contributed by atoms with van der Waals surface area (Å²) in [6.07, 6.45) is 3.11. The fourth-order valence-corrected chi connectivity index (χ4v) is 6.15. The summed E-state index contributed by atoms with van der Waals surface area (Å²) in [5, 5.41) is 32.2. The lowest BCUT2D eigenvalue weighted by Crippen LogP contribution is -2.06. The molecule has 0 bridgehead atoms. The zero-order valence-corrected chi connectivity index (χ0v) is 28.2. The van der Waals surface area contributed by atoms with Crippen LogP contribution in [0.2, 0.25) is 0 Å². The maximum absolute atomic E-state index is 11.0. The number of phenols is 3. The number of amidine groups is 2. The fraction of sp³-hybridized carbons (Fsp3) is 0.214. The van der Waals surface area contributed by atoms with Gasteiger partial charge < -0.3 is 15.3 Å². The molecule has 0 spiro atoms. The number of nitrogens with zero attached hydrogens (tertiary/aromatic N) is 3. The van der Waals surface area contributed by atoms with Gasteiger partial charge in [0, 0.05) is 22.3 Å². The van der Waals surface area contributed by atoms with Crippen LogP contribution < -0.4 is 0 Å². The predicted molar refractivity (Wildman–Crippen MR) is 199 cm³/mol. The molecule has 6 nitrogen and oxygen atoms in total. The molecule has 0 heterocycles. The summed E-state index contributed by atoms with van der Waals surface area (Å²) in [6, 6.07) is 32.3. The van der Waals surface area contributed by atoms with Crippen LogP contribution in [-0.4, -0.2) is 33.7 Å². The first-order chi connectivity index (χ1) is 23.3. The maximum atomic E-state index is 11.0. The van der Waals surface area contributed by atoms with Crippen molar-refractivity contribution in [2.45, 2.75) is 59.9 Å². The van der Waals surface area contributed by atoms with Crippen LogP contribution in [0.4, 0.5) is 0 Å². The summed E-state index contributed by atoms with van der Waals surface area (Å²) in [6.45, 7) is 12.5. The van der Waals surface area contributed by atoms with Crippen molar-refractivity contribution in [1.29, 1.82) is 0 Å². The molecule has 5 rings (SSSR count). The second-order valence-corrected chi connectivity index (χ2v) is 12.0. The van der Waals surface area contributed by atoms with Gasteiger partial charge in [-0.25, -0.2) is 9.98 Å². The molecule has 0 aromatic heterocycles. The third kappa shape index (κ3) is 7.23. The van der Waals surface area contributed by atoms with Crippen molar-refractivity contribution in [3.05, 3.63) is 136 Å². The largest absolute Gasteiger partial charge is 0.504 e. The first kappa shape index (κ1) is 33.9. The van der Waals surface area contributed by atoms with E-state index in [2.05, 4.69) is 49.8 Å². The molecule has 0 amide bonds. The first-order valence-corrected chi connectivity index (χ1v) is 16.5. The summed E-state index contributed by atoms with van der Waals surface area (Å²) in [4.78, 5) is 14.2. The second-order valence-electron chi connectivity index (χ2n) is 12.0. The summed E-state index contributed by atoms with van der Waals surface area (Å²) >= 11 is 0. The van der Waals surface area contributed by atoms with E-state index in [1.165, 1.54) is 0 Å². The smallest absolute Gasteiger partial charge is 0.201 e. The monoisotopic (exact) mass is 637 g/mol. The highest BCUT2D eigenvalue weighted by atomic mass is 16.3. The Morgan fingerprint density at radius 1 is 0.667 bits per heavy atom. The van der Waals surface area contributed by atoms with Crippen LogP contribution in [0.3, 0.4) is 0 Å². The minimum atomic E-state index is -0.477. The van der Waals surface area contributed by atoms with Crippen molar-refractivity contribution >= 4 is 18.4 Å². The van der Waals surface area contributed by atoms with Gasteiger partial charge in [-0.2, -0.15) is 0 Å². The number of aromatic hydroxyl groups is 3. The Morgan fingerprint density at radius 2 is 1.35 bits per heavy atom. The van der Waals surface area contributed by atoms with Crippen LogP contribution in [0, 0.1) is 13.8 Å². The highest BCUT2D eigenvalue weighted by Gasteiger charge is 2.23. The Labute approximate surface area is 283 Å². The topological polar surface area (TPSA) is 97.8 Å². The molecule has 244 valence electrons. The number of hydrogen-bond donors (Lipinski definition) is 3. The molecule has 3 N–H and O–H groups in total. The highest BCUT2D eigenvalue weighted by molar-refractivity contribution is 6.13. The minimum absolute atomic E-state index is 0.248. The molecule has 0 fully saturated rings. The average Bonchev–Trinajstić information content (AvgIpc) is 3.11. The molecule has 0 aliphatic rings. The van der Waals surface area contributed by atoms with E-state index in [4.69, 9.17) is 9.98 Å². The highest BCUT2D eigenvalue weighted by Crippen LogP contribution is 2.48. The van der Waals surface area contributed by atoms with E-state index in [9.17, 15) is 15.3 Å². The van der Waals surface area contributed by atoms with Gasteiger partial charge in [-0.15, -0.1) is 0 Å². The van der Waals surface area contributed by atoms with Crippen molar-refractivity contribution in [2.24, 2.45) is 15.0 Å². The van der Waals surface area contributed by atoms with Crippen molar-refractivity contribution in [3.63, 3.8) is 0 Å². The summed E-state index contributed by atoms with van der Waals surface area (Å²) < 4.78 is 0. The van der Waals surface area contributed by atoms with Crippen molar-refractivity contribution in [1.82, 2.24) is 0 Å². The predicted octanol–water partition coefficient (Wildman–Crippen LogP) is 9.75. The number of aliphatic imine (C=N–C) groups is 3. The molecule has 0 unspecified atom stereocenters. The van der Waals surface area contributed by atoms with Gasteiger partial charge in [-0.3, -0.25) is 4.99 Å². The zero-order valence-electron chi connectivity index (χ0n) is 28.2. The van der Waals surface area contributed by atoms with Gasteiger partial charge in [0.15, 0.2) is 23.2 Å². The van der Waals surface area contributed by atoms with Crippen LogP contribution in [0.25, 0.3) is 22.3 Å². The van der Waals surface area contributed by atoms with E-state index in [0.29, 0.717) is 35.8 Å². The molecule has 6 heteroatoms. The molecule has 5 aromatic carbocycles. The van der Waals surface area contributed by atoms with Gasteiger partial charge >= 0.3 is 0 Å². The van der Waals surface area contributed by atoms with Crippen molar-refractivity contribution in [3.8, 4) is 39.5 Å². The molecule has 0 radical (unpaired) electrons. The lowest BCUT2D eigenvalue weighted by atomic mass is 9.87. The van der Waals surface area contributed by atoms with Crippen LogP contribution in [-0.2, 0) is 19.4 Å². The van der Waals surface area contributed by atoms with Crippen LogP contribution >= 0.6 is 0 Å². The quantitative estimate of drug-likeness (QED) is 0.0808. The van der Waals surface area contributed by atoms with Crippen LogP contribution in [0.5, 0.6) is 17.2 Å². The Kier molecular flexibility index (Phi) is 10.9. The average molecular weight is 638 g/mol. The number of hydrogen-bond acceptors (Lipinski definition) is 4. The van der Waals surface area contributed by atoms with E-state index in [1.54, 1.807) is 0 Å². The molecule has 0 atom stereocenters. The van der Waals surface area contributed by atoms with E-state index in [-0.39, 0.29) is 11.5 Å². The molecule has 48 heavy (non-hydrogen) atoms. The zero-order chi connectivity index (χ0) is 34.2. The lowest BCUT2D eigenvalue weighted by molar-refractivity contribution is 0.365. The number of benzene rings is 5. The van der Waals surface area contributed by atoms with Gasteiger partial charge in [0.2, 0.25) is 5.75 Å². The molecule has 0 saturated carbocycles. The number of phenolic OH excluding ortho intramolecular Hbond substituents is 3. The van der Waals surface area contributed by atoms with Gasteiger partial charge in [-0.05, 0) is 78.4 Å². The van der Waals surface area contributed by atoms with Gasteiger partial charge in [-0.1, -0.05) is 118 Å². The molecular formula is C42H43N3O3. The van der Waals surface area contributed by atoms with E-state index >= 15 is 0 Å². The van der Waals surface area contributed by atoms with E-state index in [0.717, 1.165) is 69.3 Å². The van der Waals surface area contributed by atoms with Crippen LogP contribution in [0.1, 0.15) is 65.6 Å². The molecule has 0 aliphatic carbocycles. The number of aryl methyl sites for hydroxylation is 2. The Balaban J connectivity index is 1.60. The second kappa shape index (κ2) is 15.4. The first-order valence-electron chi connectivity index (χ1n) is 16.5. The summed E-state index contributed by atoms with van der Waals surface area (Å²) in [5.74, 6) is 0.0233. The van der Waals surface area contributed by atoms with Gasteiger partial charge in [0.25, 0.3) is 0 Å². The van der Waals surface area contributed by atoms with E-state index in [1.807, 2.05) is 86.6 Å². The normalized spacial score (nSPS) is 11.9. The lowest BCUT2D eigenvalue weighted by Gasteiger charge is -2.19. The summed E-state index contributed by atoms with van der Waals surface area (Å²) in [5.41, 5.74) is 9.86. The molecular weight excluding hydrogens is 594 g/mol. The standard InChI is InChI=1S/C42H43N3O3/c1-6-14-31-24-32(37-28(4)34(15-7-2)38(46)40(48)39(37)47)22-23-35(31)36-25-33(21-20-27(36)3)41(43-5)45-42(30-18-12-9-13-19-30)44-26-29-16-10-8-11-17-29/h8-13,16-25,46-48H,5-7,14-15,26H2,1-4H3/b44-42-,45-41-. The Bertz CT molecular complexity index is 1980. The fourth-order valence-electron chi connectivity index (χ4n) is 6.15. The third-order valence-electron chi connectivity index (χ3n) is 8.65. The molecule has 0 aliphatic heterocycles. The SMILES string of the molecule is C=N/C(=N\C(=N/Cc1ccccc1)c1ccccc1)c1ccc(C)c(-c2ccc(-c3c(C)c(CCC)c(O)c(O)c3O)cc2CCC)c1. The van der Waals surface area contributed by atoms with Gasteiger partial charge in [0.05, 0.1) is 6.54 Å². The molecule has 5 aromatic rings. The molecule has 0 saturated heterocycles. The Morgan fingerprint density at radius 3 is 2.02 bits per heavy atom. The summed E-state index contributed by atoms with van der Waals surface area (Å²) in [7, 11) is 0. The van der Waals surface area contributed by atoms with Crippen LogP contribution in [0.15, 0.2) is 112 Å². The van der Waals surface area contributed by atoms with E-state index < -0.39 is 5.75 Å². The Hall–Kier alpha value is -5.49. The van der Waals surface area contributed by atoms with Crippen molar-refractivity contribution in [2.75, 3.05) is 0 Å².